The Balaban J connectivity index is 2.05. The molecule has 0 bridgehead atoms. The third-order valence-corrected chi connectivity index (χ3v) is 3.48. The third kappa shape index (κ3) is 1.98. The van der Waals surface area contributed by atoms with Gasteiger partial charge in [0.25, 0.3) is 0 Å². The zero-order chi connectivity index (χ0) is 12.7. The SMILES string of the molecule is Cn1nc(CC2CC2)c(-c2ccc(F)cc2)c1N. The van der Waals surface area contributed by atoms with Crippen molar-refractivity contribution >= 4 is 5.82 Å². The first-order valence-electron chi connectivity index (χ1n) is 6.22. The van der Waals surface area contributed by atoms with E-state index in [1.165, 1.54) is 25.0 Å². The van der Waals surface area contributed by atoms with E-state index in [0.29, 0.717) is 5.82 Å². The molecule has 2 aromatic rings. The summed E-state index contributed by atoms with van der Waals surface area (Å²) in [5.74, 6) is 1.17. The van der Waals surface area contributed by atoms with E-state index in [-0.39, 0.29) is 5.82 Å². The van der Waals surface area contributed by atoms with Crippen molar-refractivity contribution in [1.29, 1.82) is 0 Å². The molecule has 1 fully saturated rings. The number of aromatic nitrogens is 2. The maximum atomic E-state index is 13.0. The fourth-order valence-electron chi connectivity index (χ4n) is 2.26. The maximum absolute atomic E-state index is 13.0. The van der Waals surface area contributed by atoms with Crippen LogP contribution in [0.2, 0.25) is 0 Å². The van der Waals surface area contributed by atoms with E-state index >= 15 is 0 Å². The van der Waals surface area contributed by atoms with Crippen LogP contribution in [0.3, 0.4) is 0 Å². The molecule has 3 rings (SSSR count). The Bertz CT molecular complexity index is 567. The molecular formula is C14H16FN3. The summed E-state index contributed by atoms with van der Waals surface area (Å²) in [6, 6.07) is 6.45. The second-order valence-corrected chi connectivity index (χ2v) is 4.98. The molecule has 0 radical (unpaired) electrons. The van der Waals surface area contributed by atoms with Crippen molar-refractivity contribution < 1.29 is 4.39 Å². The molecule has 0 aliphatic heterocycles. The minimum Gasteiger partial charge on any atom is -0.383 e. The quantitative estimate of drug-likeness (QED) is 0.903. The van der Waals surface area contributed by atoms with Gasteiger partial charge in [-0.15, -0.1) is 0 Å². The molecule has 1 saturated carbocycles. The smallest absolute Gasteiger partial charge is 0.129 e. The molecule has 0 unspecified atom stereocenters. The zero-order valence-corrected chi connectivity index (χ0v) is 10.4. The van der Waals surface area contributed by atoms with Gasteiger partial charge in [0.05, 0.1) is 5.69 Å². The van der Waals surface area contributed by atoms with Gasteiger partial charge in [0, 0.05) is 12.6 Å². The van der Waals surface area contributed by atoms with Gasteiger partial charge in [-0.25, -0.2) is 4.39 Å². The van der Waals surface area contributed by atoms with Crippen molar-refractivity contribution in [3.05, 3.63) is 35.8 Å². The van der Waals surface area contributed by atoms with Gasteiger partial charge in [-0.1, -0.05) is 12.1 Å². The highest BCUT2D eigenvalue weighted by Crippen LogP contribution is 2.37. The molecule has 1 heterocycles. The molecule has 4 heteroatoms. The molecule has 0 spiro atoms. The van der Waals surface area contributed by atoms with E-state index in [1.54, 1.807) is 16.8 Å². The minimum absolute atomic E-state index is 0.232. The monoisotopic (exact) mass is 245 g/mol. The minimum atomic E-state index is -0.232. The van der Waals surface area contributed by atoms with Crippen LogP contribution in [-0.4, -0.2) is 9.78 Å². The van der Waals surface area contributed by atoms with Gasteiger partial charge < -0.3 is 5.73 Å². The maximum Gasteiger partial charge on any atom is 0.129 e. The summed E-state index contributed by atoms with van der Waals surface area (Å²) in [7, 11) is 1.85. The van der Waals surface area contributed by atoms with Crippen LogP contribution in [0.4, 0.5) is 10.2 Å². The van der Waals surface area contributed by atoms with Crippen LogP contribution in [0.1, 0.15) is 18.5 Å². The highest BCUT2D eigenvalue weighted by Gasteiger charge is 2.26. The first-order valence-corrected chi connectivity index (χ1v) is 6.22. The van der Waals surface area contributed by atoms with E-state index in [9.17, 15) is 4.39 Å². The Morgan fingerprint density at radius 1 is 1.33 bits per heavy atom. The van der Waals surface area contributed by atoms with E-state index < -0.39 is 0 Å². The second kappa shape index (κ2) is 4.12. The Hall–Kier alpha value is -1.84. The van der Waals surface area contributed by atoms with Crippen LogP contribution in [-0.2, 0) is 13.5 Å². The number of benzene rings is 1. The van der Waals surface area contributed by atoms with Gasteiger partial charge in [-0.2, -0.15) is 5.10 Å². The average molecular weight is 245 g/mol. The van der Waals surface area contributed by atoms with Crippen LogP contribution < -0.4 is 5.73 Å². The van der Waals surface area contributed by atoms with Crippen molar-refractivity contribution in [2.24, 2.45) is 13.0 Å². The molecule has 2 N–H and O–H groups in total. The van der Waals surface area contributed by atoms with Crippen molar-refractivity contribution in [3.8, 4) is 11.1 Å². The number of rotatable bonds is 3. The predicted molar refractivity (Wildman–Crippen MR) is 69.4 cm³/mol. The van der Waals surface area contributed by atoms with Crippen LogP contribution in [0.15, 0.2) is 24.3 Å². The summed E-state index contributed by atoms with van der Waals surface area (Å²) < 4.78 is 14.7. The van der Waals surface area contributed by atoms with Gasteiger partial charge in [-0.05, 0) is 42.9 Å². The van der Waals surface area contributed by atoms with Gasteiger partial charge >= 0.3 is 0 Å². The molecule has 0 atom stereocenters. The molecule has 1 aromatic carbocycles. The lowest BCUT2D eigenvalue weighted by molar-refractivity contribution is 0.628. The Labute approximate surface area is 105 Å². The highest BCUT2D eigenvalue weighted by molar-refractivity contribution is 5.76. The summed E-state index contributed by atoms with van der Waals surface area (Å²) in [5.41, 5.74) is 9.01. The molecule has 1 aliphatic carbocycles. The average Bonchev–Trinajstić information content (AvgIpc) is 3.10. The fraction of sp³-hybridized carbons (Fsp3) is 0.357. The summed E-state index contributed by atoms with van der Waals surface area (Å²) in [6.45, 7) is 0. The normalized spacial score (nSPS) is 15.0. The van der Waals surface area contributed by atoms with E-state index in [4.69, 9.17) is 5.73 Å². The number of nitrogens with zero attached hydrogens (tertiary/aromatic N) is 2. The van der Waals surface area contributed by atoms with Crippen LogP contribution in [0, 0.1) is 11.7 Å². The topological polar surface area (TPSA) is 43.8 Å². The number of halogens is 1. The first kappa shape index (κ1) is 11.3. The first-order chi connectivity index (χ1) is 8.65. The number of hydrogen-bond acceptors (Lipinski definition) is 2. The molecule has 3 nitrogen and oxygen atoms in total. The molecule has 1 aliphatic rings. The van der Waals surface area contributed by atoms with E-state index in [0.717, 1.165) is 29.2 Å². The lowest BCUT2D eigenvalue weighted by atomic mass is 10.0. The molecule has 94 valence electrons. The fourth-order valence-corrected chi connectivity index (χ4v) is 2.26. The van der Waals surface area contributed by atoms with Crippen molar-refractivity contribution in [2.75, 3.05) is 5.73 Å². The van der Waals surface area contributed by atoms with Crippen molar-refractivity contribution in [1.82, 2.24) is 9.78 Å². The van der Waals surface area contributed by atoms with E-state index in [1.807, 2.05) is 7.05 Å². The molecular weight excluding hydrogens is 229 g/mol. The van der Waals surface area contributed by atoms with Crippen molar-refractivity contribution in [3.63, 3.8) is 0 Å². The Morgan fingerprint density at radius 3 is 2.61 bits per heavy atom. The number of aryl methyl sites for hydroxylation is 1. The highest BCUT2D eigenvalue weighted by atomic mass is 19.1. The Kier molecular flexibility index (Phi) is 2.58. The molecule has 0 amide bonds. The van der Waals surface area contributed by atoms with Crippen LogP contribution in [0.25, 0.3) is 11.1 Å². The standard InChI is InChI=1S/C14H16FN3/c1-18-14(16)13(10-4-6-11(15)7-5-10)12(17-18)8-9-2-3-9/h4-7,9H,2-3,8,16H2,1H3. The second-order valence-electron chi connectivity index (χ2n) is 4.98. The van der Waals surface area contributed by atoms with Crippen molar-refractivity contribution in [2.45, 2.75) is 19.3 Å². The summed E-state index contributed by atoms with van der Waals surface area (Å²) in [4.78, 5) is 0. The van der Waals surface area contributed by atoms with Crippen LogP contribution in [0.5, 0.6) is 0 Å². The summed E-state index contributed by atoms with van der Waals surface area (Å²) in [5, 5.41) is 4.49. The van der Waals surface area contributed by atoms with Gasteiger partial charge in [0.15, 0.2) is 0 Å². The molecule has 18 heavy (non-hydrogen) atoms. The zero-order valence-electron chi connectivity index (χ0n) is 10.4. The Morgan fingerprint density at radius 2 is 2.00 bits per heavy atom. The predicted octanol–water partition coefficient (Wildman–Crippen LogP) is 2.76. The van der Waals surface area contributed by atoms with Gasteiger partial charge in [-0.3, -0.25) is 4.68 Å². The molecule has 0 saturated heterocycles. The number of anilines is 1. The summed E-state index contributed by atoms with van der Waals surface area (Å²) >= 11 is 0. The lowest BCUT2D eigenvalue weighted by Gasteiger charge is -2.03. The van der Waals surface area contributed by atoms with Gasteiger partial charge in [0.1, 0.15) is 11.6 Å². The summed E-state index contributed by atoms with van der Waals surface area (Å²) in [6.07, 6.45) is 3.52. The van der Waals surface area contributed by atoms with E-state index in [2.05, 4.69) is 5.10 Å². The van der Waals surface area contributed by atoms with Gasteiger partial charge in [0.2, 0.25) is 0 Å². The van der Waals surface area contributed by atoms with Crippen LogP contribution >= 0.6 is 0 Å². The third-order valence-electron chi connectivity index (χ3n) is 3.48. The molecule has 1 aromatic heterocycles. The lowest BCUT2D eigenvalue weighted by Crippen LogP contribution is -1.98. The number of nitrogen functional groups attached to an aromatic ring is 1. The number of nitrogens with two attached hydrogens (primary N) is 1. The largest absolute Gasteiger partial charge is 0.383 e. The number of hydrogen-bond donors (Lipinski definition) is 1.